The number of nitrogens with zero attached hydrogens (tertiary/aromatic N) is 7. The third kappa shape index (κ3) is 4.94. The summed E-state index contributed by atoms with van der Waals surface area (Å²) in [7, 11) is 0. The Morgan fingerprint density at radius 1 is 0.421 bits per heavy atom. The van der Waals surface area contributed by atoms with Gasteiger partial charge < -0.3 is 4.57 Å². The second-order valence-electron chi connectivity index (χ2n) is 14.2. The predicted octanol–water partition coefficient (Wildman–Crippen LogP) is 12.2. The molecule has 8 heteroatoms. The Balaban J connectivity index is 1.14. The minimum Gasteiger partial charge on any atom is -0.307 e. The van der Waals surface area contributed by atoms with Crippen LogP contribution in [0.4, 0.5) is 0 Å². The molecule has 0 radical (unpaired) electrons. The lowest BCUT2D eigenvalue weighted by atomic mass is 10.1. The molecule has 0 aliphatic carbocycles. The third-order valence-corrected chi connectivity index (χ3v) is 12.1. The van der Waals surface area contributed by atoms with Gasteiger partial charge in [-0.25, -0.2) is 15.0 Å². The summed E-state index contributed by atoms with van der Waals surface area (Å²) >= 11 is 1.84. The molecule has 7 nitrogen and oxygen atoms in total. The molecule has 0 spiro atoms. The van der Waals surface area contributed by atoms with Crippen molar-refractivity contribution in [3.8, 4) is 45.4 Å². The van der Waals surface area contributed by atoms with Crippen molar-refractivity contribution in [1.29, 1.82) is 0 Å². The normalized spacial score (nSPS) is 11.9. The monoisotopic (exact) mass is 747 g/mol. The molecule has 0 aliphatic rings. The quantitative estimate of drug-likeness (QED) is 0.175. The lowest BCUT2D eigenvalue weighted by molar-refractivity contribution is 0.994. The maximum Gasteiger partial charge on any atom is 0.235 e. The van der Waals surface area contributed by atoms with Crippen molar-refractivity contribution < 1.29 is 0 Å². The van der Waals surface area contributed by atoms with Gasteiger partial charge >= 0.3 is 0 Å². The molecule has 0 saturated carbocycles. The molecule has 0 amide bonds. The minimum absolute atomic E-state index is 0.579. The fourth-order valence-electron chi connectivity index (χ4n) is 8.39. The number of fused-ring (bicyclic) bond motifs is 10. The van der Waals surface area contributed by atoms with Crippen molar-refractivity contribution >= 4 is 75.3 Å². The summed E-state index contributed by atoms with van der Waals surface area (Å²) in [6.45, 7) is 0. The second-order valence-corrected chi connectivity index (χ2v) is 15.3. The molecule has 266 valence electrons. The molecule has 0 N–H and O–H groups in total. The Morgan fingerprint density at radius 3 is 1.88 bits per heavy atom. The number of aromatic nitrogens is 7. The Kier molecular flexibility index (Phi) is 6.96. The van der Waals surface area contributed by atoms with E-state index in [4.69, 9.17) is 15.0 Å². The van der Waals surface area contributed by atoms with Gasteiger partial charge in [-0.1, -0.05) is 66.7 Å². The van der Waals surface area contributed by atoms with Crippen molar-refractivity contribution in [3.05, 3.63) is 176 Å². The van der Waals surface area contributed by atoms with Crippen LogP contribution in [0.25, 0.3) is 109 Å². The number of hydrogen-bond donors (Lipinski definition) is 0. The lowest BCUT2D eigenvalue weighted by Crippen LogP contribution is -2.04. The Hall–Kier alpha value is -7.55. The largest absolute Gasteiger partial charge is 0.307 e. The van der Waals surface area contributed by atoms with Crippen molar-refractivity contribution in [2.24, 2.45) is 0 Å². The zero-order valence-electron chi connectivity index (χ0n) is 30.3. The molecule has 57 heavy (non-hydrogen) atoms. The summed E-state index contributed by atoms with van der Waals surface area (Å²) in [6.07, 6.45) is 7.24. The van der Waals surface area contributed by atoms with E-state index in [1.807, 2.05) is 60.1 Å². The van der Waals surface area contributed by atoms with E-state index in [-0.39, 0.29) is 0 Å². The topological polar surface area (TPSA) is 74.3 Å². The highest BCUT2D eigenvalue weighted by atomic mass is 32.1. The number of pyridine rings is 3. The molecule has 0 unspecified atom stereocenters. The van der Waals surface area contributed by atoms with Gasteiger partial charge in [-0.3, -0.25) is 14.5 Å². The van der Waals surface area contributed by atoms with Crippen LogP contribution in [0.3, 0.4) is 0 Å². The van der Waals surface area contributed by atoms with E-state index < -0.39 is 0 Å². The van der Waals surface area contributed by atoms with E-state index in [0.717, 1.165) is 83.2 Å². The van der Waals surface area contributed by atoms with Crippen molar-refractivity contribution in [2.45, 2.75) is 0 Å². The van der Waals surface area contributed by atoms with E-state index in [9.17, 15) is 0 Å². The number of thiophene rings is 1. The van der Waals surface area contributed by atoms with E-state index in [0.29, 0.717) is 5.95 Å². The van der Waals surface area contributed by atoms with Crippen LogP contribution < -0.4 is 0 Å². The van der Waals surface area contributed by atoms with Crippen molar-refractivity contribution in [3.63, 3.8) is 0 Å². The molecule has 7 heterocycles. The van der Waals surface area contributed by atoms with E-state index in [1.165, 1.54) is 20.2 Å². The van der Waals surface area contributed by atoms with Crippen LogP contribution in [0.5, 0.6) is 0 Å². The molecule has 0 fully saturated rings. The lowest BCUT2D eigenvalue weighted by Gasteiger charge is -2.12. The molecular formula is C49H29N7S. The smallest absolute Gasteiger partial charge is 0.235 e. The molecule has 0 atom stereocenters. The summed E-state index contributed by atoms with van der Waals surface area (Å²) < 4.78 is 7.12. The van der Waals surface area contributed by atoms with Crippen LogP contribution in [0.15, 0.2) is 176 Å². The van der Waals surface area contributed by atoms with Gasteiger partial charge in [0.05, 0.1) is 44.7 Å². The summed E-state index contributed by atoms with van der Waals surface area (Å²) in [5, 5.41) is 5.85. The predicted molar refractivity (Wildman–Crippen MR) is 233 cm³/mol. The molecule has 0 saturated heterocycles. The maximum atomic E-state index is 5.37. The van der Waals surface area contributed by atoms with Gasteiger partial charge in [-0.15, -0.1) is 11.3 Å². The number of hydrogen-bond acceptors (Lipinski definition) is 6. The molecule has 12 rings (SSSR count). The Bertz CT molecular complexity index is 3460. The van der Waals surface area contributed by atoms with Gasteiger partial charge in [0.1, 0.15) is 0 Å². The van der Waals surface area contributed by atoms with Crippen molar-refractivity contribution in [2.75, 3.05) is 0 Å². The first kappa shape index (κ1) is 31.8. The number of rotatable bonds is 5. The summed E-state index contributed by atoms with van der Waals surface area (Å²) in [5.74, 6) is 0.579. The van der Waals surface area contributed by atoms with Gasteiger partial charge in [0, 0.05) is 83.5 Å². The zero-order valence-corrected chi connectivity index (χ0v) is 31.1. The van der Waals surface area contributed by atoms with Gasteiger partial charge in [0.15, 0.2) is 0 Å². The van der Waals surface area contributed by atoms with Crippen LogP contribution in [0, 0.1) is 0 Å². The molecular weight excluding hydrogens is 719 g/mol. The first-order chi connectivity index (χ1) is 28.3. The number of benzene rings is 5. The van der Waals surface area contributed by atoms with Crippen LogP contribution in [-0.4, -0.2) is 34.1 Å². The fraction of sp³-hybridized carbons (Fsp3) is 0. The average Bonchev–Trinajstić information content (AvgIpc) is 3.94. The van der Waals surface area contributed by atoms with Crippen molar-refractivity contribution in [1.82, 2.24) is 34.1 Å². The van der Waals surface area contributed by atoms with Gasteiger partial charge in [-0.05, 0) is 84.9 Å². The third-order valence-electron chi connectivity index (χ3n) is 10.9. The SMILES string of the molecule is c1ccc(-c2ccc3c(n2)c2ccc4sc5ccccc5c4c2n3-c2ccc3c(c2)c2ccccc2n3-c2nc(-c3cccnc3)cc(-c3cccnc3)n2)cc1. The summed E-state index contributed by atoms with van der Waals surface area (Å²) in [4.78, 5) is 24.6. The zero-order chi connectivity index (χ0) is 37.5. The Labute approximate surface area is 329 Å². The fourth-order valence-corrected chi connectivity index (χ4v) is 9.49. The van der Waals surface area contributed by atoms with Crippen LogP contribution >= 0.6 is 11.3 Å². The molecule has 0 aliphatic heterocycles. The highest BCUT2D eigenvalue weighted by molar-refractivity contribution is 7.26. The average molecular weight is 748 g/mol. The van der Waals surface area contributed by atoms with Crippen LogP contribution in [0.2, 0.25) is 0 Å². The maximum absolute atomic E-state index is 5.37. The summed E-state index contributed by atoms with van der Waals surface area (Å²) in [5.41, 5.74) is 11.7. The van der Waals surface area contributed by atoms with Crippen LogP contribution in [0.1, 0.15) is 0 Å². The summed E-state index contributed by atoms with van der Waals surface area (Å²) in [6, 6.07) is 53.2. The highest BCUT2D eigenvalue weighted by Gasteiger charge is 2.22. The van der Waals surface area contributed by atoms with E-state index >= 15 is 0 Å². The molecule has 0 bridgehead atoms. The Morgan fingerprint density at radius 2 is 1.11 bits per heavy atom. The number of para-hydroxylation sites is 1. The highest BCUT2D eigenvalue weighted by Crippen LogP contribution is 2.44. The first-order valence-electron chi connectivity index (χ1n) is 18.8. The van der Waals surface area contributed by atoms with E-state index in [1.54, 1.807) is 12.4 Å². The molecule has 12 aromatic rings. The van der Waals surface area contributed by atoms with Gasteiger partial charge in [-0.2, -0.15) is 0 Å². The molecule has 7 aromatic heterocycles. The van der Waals surface area contributed by atoms with Crippen LogP contribution in [-0.2, 0) is 0 Å². The first-order valence-corrected chi connectivity index (χ1v) is 19.6. The second kappa shape index (κ2) is 12.5. The van der Waals surface area contributed by atoms with Gasteiger partial charge in [0.2, 0.25) is 5.95 Å². The van der Waals surface area contributed by atoms with E-state index in [2.05, 4.69) is 134 Å². The standard InChI is InChI=1S/C49H29N7S/c1-2-10-30(11-3-1)38-20-22-43-47(52-38)36-19-23-45-46(35-15-5-7-17-44(35)57-45)48(36)55(43)33-18-21-42-37(26-33)34-14-4-6-16-41(34)56(42)49-53-39(31-12-8-24-50-28-31)27-40(54-49)32-13-9-25-51-29-32/h1-29H. The molecule has 5 aromatic carbocycles. The minimum atomic E-state index is 0.579. The van der Waals surface area contributed by atoms with Gasteiger partial charge in [0.25, 0.3) is 0 Å².